The fourth-order valence-corrected chi connectivity index (χ4v) is 8.16. The molecule has 0 spiro atoms. The molecule has 38 heavy (non-hydrogen) atoms. The second-order valence-corrected chi connectivity index (χ2v) is 11.9. The van der Waals surface area contributed by atoms with Crippen molar-refractivity contribution in [3.05, 3.63) is 132 Å². The molecule has 0 bridgehead atoms. The summed E-state index contributed by atoms with van der Waals surface area (Å²) >= 11 is 1.94. The van der Waals surface area contributed by atoms with Crippen molar-refractivity contribution in [2.75, 3.05) is 0 Å². The van der Waals surface area contributed by atoms with Gasteiger partial charge in [0.1, 0.15) is 0 Å². The van der Waals surface area contributed by atoms with E-state index in [9.17, 15) is 0 Å². The van der Waals surface area contributed by atoms with Crippen molar-refractivity contribution in [1.29, 1.82) is 0 Å². The predicted molar refractivity (Wildman–Crippen MR) is 165 cm³/mol. The molecule has 0 saturated heterocycles. The van der Waals surface area contributed by atoms with E-state index in [1.165, 1.54) is 75.5 Å². The molecular weight excluding hydrogens is 476 g/mol. The van der Waals surface area contributed by atoms with E-state index in [1.807, 2.05) is 11.3 Å². The van der Waals surface area contributed by atoms with Crippen LogP contribution in [0.15, 0.2) is 121 Å². The van der Waals surface area contributed by atoms with Crippen molar-refractivity contribution in [1.82, 2.24) is 0 Å². The van der Waals surface area contributed by atoms with Crippen LogP contribution in [-0.2, 0) is 5.41 Å². The first kappa shape index (κ1) is 21.8. The normalized spacial score (nSPS) is 13.7. The van der Waals surface area contributed by atoms with Gasteiger partial charge in [-0.15, -0.1) is 11.3 Å². The van der Waals surface area contributed by atoms with Gasteiger partial charge in [-0.1, -0.05) is 123 Å². The molecule has 0 N–H and O–H groups in total. The largest absolute Gasteiger partial charge is 0.135 e. The van der Waals surface area contributed by atoms with Crippen LogP contribution in [0.3, 0.4) is 0 Å². The SMILES string of the molecule is CC1(C)c2cc(-c3c4ccccc4c(-c4ccccc4)c4ccccc34)ccc2-c2sc3ccccc3c21. The molecule has 1 aliphatic carbocycles. The molecule has 6 aromatic carbocycles. The van der Waals surface area contributed by atoms with Crippen molar-refractivity contribution in [2.24, 2.45) is 0 Å². The van der Waals surface area contributed by atoms with E-state index >= 15 is 0 Å². The molecule has 0 amide bonds. The summed E-state index contributed by atoms with van der Waals surface area (Å²) in [6.45, 7) is 4.80. The molecule has 1 heterocycles. The van der Waals surface area contributed by atoms with Gasteiger partial charge in [0.15, 0.2) is 0 Å². The zero-order chi connectivity index (χ0) is 25.4. The number of thiophene rings is 1. The summed E-state index contributed by atoms with van der Waals surface area (Å²) in [7, 11) is 0. The Bertz CT molecular complexity index is 1980. The molecule has 1 aromatic heterocycles. The Labute approximate surface area is 226 Å². The molecule has 0 atom stereocenters. The third-order valence-corrected chi connectivity index (χ3v) is 9.64. The zero-order valence-corrected chi connectivity index (χ0v) is 22.3. The van der Waals surface area contributed by atoms with Crippen LogP contribution in [0.2, 0.25) is 0 Å². The van der Waals surface area contributed by atoms with Crippen LogP contribution in [0.25, 0.3) is 64.3 Å². The lowest BCUT2D eigenvalue weighted by molar-refractivity contribution is 0.667. The Morgan fingerprint density at radius 1 is 0.500 bits per heavy atom. The lowest BCUT2D eigenvalue weighted by Gasteiger charge is -2.23. The number of fused-ring (bicyclic) bond motifs is 7. The summed E-state index contributed by atoms with van der Waals surface area (Å²) in [5.41, 5.74) is 9.47. The van der Waals surface area contributed by atoms with E-state index in [1.54, 1.807) is 0 Å². The van der Waals surface area contributed by atoms with Gasteiger partial charge < -0.3 is 0 Å². The first-order valence-electron chi connectivity index (χ1n) is 13.3. The molecule has 1 heteroatoms. The maximum Gasteiger partial charge on any atom is 0.0399 e. The van der Waals surface area contributed by atoms with E-state index < -0.39 is 0 Å². The van der Waals surface area contributed by atoms with Crippen LogP contribution in [0.5, 0.6) is 0 Å². The summed E-state index contributed by atoms with van der Waals surface area (Å²) in [4.78, 5) is 1.44. The van der Waals surface area contributed by atoms with Gasteiger partial charge in [0.05, 0.1) is 0 Å². The van der Waals surface area contributed by atoms with Gasteiger partial charge in [0, 0.05) is 15.0 Å². The topological polar surface area (TPSA) is 0 Å². The lowest BCUT2D eigenvalue weighted by atomic mass is 9.79. The number of benzene rings is 6. The minimum Gasteiger partial charge on any atom is -0.135 e. The smallest absolute Gasteiger partial charge is 0.0399 e. The van der Waals surface area contributed by atoms with Crippen molar-refractivity contribution in [2.45, 2.75) is 19.3 Å². The van der Waals surface area contributed by atoms with E-state index in [0.29, 0.717) is 0 Å². The number of rotatable bonds is 2. The van der Waals surface area contributed by atoms with Crippen molar-refractivity contribution < 1.29 is 0 Å². The van der Waals surface area contributed by atoms with Crippen LogP contribution >= 0.6 is 11.3 Å². The molecule has 8 rings (SSSR count). The molecule has 0 nitrogen and oxygen atoms in total. The highest BCUT2D eigenvalue weighted by molar-refractivity contribution is 7.22. The predicted octanol–water partition coefficient (Wildman–Crippen LogP) is 10.8. The van der Waals surface area contributed by atoms with Crippen LogP contribution < -0.4 is 0 Å². The van der Waals surface area contributed by atoms with Gasteiger partial charge in [-0.3, -0.25) is 0 Å². The molecule has 0 aliphatic heterocycles. The van der Waals surface area contributed by atoms with Crippen LogP contribution in [0.4, 0.5) is 0 Å². The van der Waals surface area contributed by atoms with Crippen molar-refractivity contribution in [3.63, 3.8) is 0 Å². The molecule has 7 aromatic rings. The zero-order valence-electron chi connectivity index (χ0n) is 21.5. The van der Waals surface area contributed by atoms with Gasteiger partial charge in [0.2, 0.25) is 0 Å². The van der Waals surface area contributed by atoms with E-state index in [4.69, 9.17) is 0 Å². The van der Waals surface area contributed by atoms with Crippen LogP contribution in [0, 0.1) is 0 Å². The second-order valence-electron chi connectivity index (χ2n) is 10.9. The summed E-state index contributed by atoms with van der Waals surface area (Å²) in [5.74, 6) is 0. The quantitative estimate of drug-likeness (QED) is 0.206. The Kier molecular flexibility index (Phi) is 4.54. The van der Waals surface area contributed by atoms with E-state index in [0.717, 1.165) is 0 Å². The minimum atomic E-state index is -0.0458. The molecule has 0 unspecified atom stereocenters. The summed E-state index contributed by atoms with van der Waals surface area (Å²) in [5, 5.41) is 6.62. The monoisotopic (exact) mass is 502 g/mol. The molecular formula is C37H26S. The molecule has 0 radical (unpaired) electrons. The highest BCUT2D eigenvalue weighted by Gasteiger charge is 2.39. The van der Waals surface area contributed by atoms with Gasteiger partial charge in [-0.05, 0) is 78.0 Å². The van der Waals surface area contributed by atoms with Gasteiger partial charge in [-0.2, -0.15) is 0 Å². The van der Waals surface area contributed by atoms with Crippen molar-refractivity contribution in [3.8, 4) is 32.7 Å². The molecule has 180 valence electrons. The average molecular weight is 503 g/mol. The first-order valence-corrected chi connectivity index (χ1v) is 14.1. The van der Waals surface area contributed by atoms with Crippen molar-refractivity contribution >= 4 is 43.0 Å². The average Bonchev–Trinajstić information content (AvgIpc) is 3.45. The maximum atomic E-state index is 2.48. The fourth-order valence-electron chi connectivity index (χ4n) is 6.76. The third-order valence-electron chi connectivity index (χ3n) is 8.44. The first-order chi connectivity index (χ1) is 18.6. The second kappa shape index (κ2) is 7.90. The molecule has 1 aliphatic rings. The van der Waals surface area contributed by atoms with E-state index in [-0.39, 0.29) is 5.41 Å². The van der Waals surface area contributed by atoms with Gasteiger partial charge in [-0.25, -0.2) is 0 Å². The third kappa shape index (κ3) is 2.91. The Morgan fingerprint density at radius 3 is 1.66 bits per heavy atom. The molecule has 0 fully saturated rings. The Morgan fingerprint density at radius 2 is 1.03 bits per heavy atom. The summed E-state index contributed by atoms with van der Waals surface area (Å²) < 4.78 is 1.38. The summed E-state index contributed by atoms with van der Waals surface area (Å²) in [6, 6.07) is 44.8. The number of hydrogen-bond acceptors (Lipinski definition) is 1. The molecule has 0 saturated carbocycles. The van der Waals surface area contributed by atoms with Crippen LogP contribution in [-0.4, -0.2) is 0 Å². The Balaban J connectivity index is 1.44. The van der Waals surface area contributed by atoms with Gasteiger partial charge >= 0.3 is 0 Å². The Hall–Kier alpha value is -4.20. The summed E-state index contributed by atoms with van der Waals surface area (Å²) in [6.07, 6.45) is 0. The minimum absolute atomic E-state index is 0.0458. The fraction of sp³-hybridized carbons (Fsp3) is 0.0811. The highest BCUT2D eigenvalue weighted by atomic mass is 32.1. The lowest BCUT2D eigenvalue weighted by Crippen LogP contribution is -2.15. The van der Waals surface area contributed by atoms with Crippen LogP contribution in [0.1, 0.15) is 25.0 Å². The standard InChI is InChI=1S/C37H26S/c1-37(2)31-22-24(20-21-29(31)36-35(37)30-18-10-11-19-32(30)38-36)34-27-16-8-6-14-25(27)33(23-12-4-3-5-13-23)26-15-7-9-17-28(26)34/h3-22H,1-2H3. The number of hydrogen-bond donors (Lipinski definition) is 0. The van der Waals surface area contributed by atoms with Gasteiger partial charge in [0.25, 0.3) is 0 Å². The van der Waals surface area contributed by atoms with E-state index in [2.05, 4.69) is 135 Å². The highest BCUT2D eigenvalue weighted by Crippen LogP contribution is 2.56. The maximum absolute atomic E-state index is 2.48.